The molecule has 0 saturated carbocycles. The van der Waals surface area contributed by atoms with Gasteiger partial charge in [-0.05, 0) is 6.92 Å². The van der Waals surface area contributed by atoms with Gasteiger partial charge in [0.05, 0.1) is 5.56 Å². The lowest BCUT2D eigenvalue weighted by atomic mass is 10.3. The topological polar surface area (TPSA) is 75.2 Å². The van der Waals surface area contributed by atoms with E-state index in [0.717, 1.165) is 0 Å². The third kappa shape index (κ3) is 2.59. The van der Waals surface area contributed by atoms with Crippen LogP contribution in [0.5, 0.6) is 0 Å². The van der Waals surface area contributed by atoms with Crippen LogP contribution in [0.15, 0.2) is 0 Å². The van der Waals surface area contributed by atoms with Crippen LogP contribution in [0.25, 0.3) is 0 Å². The third-order valence-corrected chi connectivity index (χ3v) is 3.01. The summed E-state index contributed by atoms with van der Waals surface area (Å²) in [7, 11) is 0. The van der Waals surface area contributed by atoms with Gasteiger partial charge in [-0.15, -0.1) is 0 Å². The molecule has 0 radical (unpaired) electrons. The van der Waals surface area contributed by atoms with Gasteiger partial charge in [-0.1, -0.05) is 11.6 Å². The van der Waals surface area contributed by atoms with Crippen molar-refractivity contribution < 1.29 is 9.59 Å². The number of carbonyl (C=O) groups is 2. The van der Waals surface area contributed by atoms with Gasteiger partial charge in [0.15, 0.2) is 6.29 Å². The first-order chi connectivity index (χ1) is 8.61. The van der Waals surface area contributed by atoms with Gasteiger partial charge >= 0.3 is 0 Å². The maximum Gasteiger partial charge on any atom is 0.221 e. The average molecular weight is 269 g/mol. The number of hydrogen-bond donors (Lipinski definition) is 1. The van der Waals surface area contributed by atoms with E-state index in [1.54, 1.807) is 6.92 Å². The Morgan fingerprint density at radius 3 is 2.89 bits per heavy atom. The smallest absolute Gasteiger partial charge is 0.221 e. The summed E-state index contributed by atoms with van der Waals surface area (Å²) in [6, 6.07) is 0. The Hall–Kier alpha value is -1.69. The molecule has 2 rings (SSSR count). The molecule has 1 aromatic rings. The second-order valence-electron chi connectivity index (χ2n) is 4.00. The maximum absolute atomic E-state index is 11.3. The number of carbonyl (C=O) groups excluding carboxylic acids is 2. The largest absolute Gasteiger partial charge is 0.354 e. The van der Waals surface area contributed by atoms with Crippen molar-refractivity contribution in [2.24, 2.45) is 0 Å². The van der Waals surface area contributed by atoms with Gasteiger partial charge in [0, 0.05) is 26.1 Å². The first-order valence-electron chi connectivity index (χ1n) is 5.63. The van der Waals surface area contributed by atoms with Crippen LogP contribution in [-0.2, 0) is 4.79 Å². The van der Waals surface area contributed by atoms with Crippen molar-refractivity contribution in [1.82, 2.24) is 15.3 Å². The fourth-order valence-corrected chi connectivity index (χ4v) is 2.11. The Morgan fingerprint density at radius 2 is 2.17 bits per heavy atom. The number of hydrogen-bond acceptors (Lipinski definition) is 5. The highest BCUT2D eigenvalue weighted by Gasteiger charge is 2.20. The van der Waals surface area contributed by atoms with Gasteiger partial charge in [-0.3, -0.25) is 9.59 Å². The molecule has 6 nitrogen and oxygen atoms in total. The van der Waals surface area contributed by atoms with Crippen LogP contribution in [0.4, 0.5) is 5.82 Å². The van der Waals surface area contributed by atoms with Crippen molar-refractivity contribution in [2.45, 2.75) is 13.3 Å². The van der Waals surface area contributed by atoms with E-state index in [4.69, 9.17) is 11.6 Å². The quantitative estimate of drug-likeness (QED) is 0.627. The molecule has 1 fully saturated rings. The summed E-state index contributed by atoms with van der Waals surface area (Å²) < 4.78 is 0. The van der Waals surface area contributed by atoms with Crippen LogP contribution in [0.2, 0.25) is 5.15 Å². The number of amides is 1. The SMILES string of the molecule is Cc1nc(Cl)c(C=O)c(N2CCNC(=O)CC2)n1. The molecule has 1 N–H and O–H groups in total. The van der Waals surface area contributed by atoms with Crippen molar-refractivity contribution in [2.75, 3.05) is 24.5 Å². The lowest BCUT2D eigenvalue weighted by molar-refractivity contribution is -0.120. The summed E-state index contributed by atoms with van der Waals surface area (Å²) in [6.07, 6.45) is 1.02. The maximum atomic E-state index is 11.3. The summed E-state index contributed by atoms with van der Waals surface area (Å²) in [4.78, 5) is 32.4. The molecule has 1 aliphatic heterocycles. The summed E-state index contributed by atoms with van der Waals surface area (Å²) in [5.41, 5.74) is 0.275. The standard InChI is InChI=1S/C11H13ClN4O2/c1-7-14-10(12)8(6-17)11(15-7)16-4-2-9(18)13-3-5-16/h6H,2-5H2,1H3,(H,13,18). The minimum atomic E-state index is 0.00188. The van der Waals surface area contributed by atoms with E-state index < -0.39 is 0 Å². The number of anilines is 1. The molecule has 0 unspecified atom stereocenters. The second kappa shape index (κ2) is 5.30. The number of aldehydes is 1. The first kappa shape index (κ1) is 12.8. The molecule has 7 heteroatoms. The summed E-state index contributed by atoms with van der Waals surface area (Å²) >= 11 is 5.93. The van der Waals surface area contributed by atoms with E-state index in [1.165, 1.54) is 0 Å². The van der Waals surface area contributed by atoms with Crippen molar-refractivity contribution >= 4 is 29.6 Å². The Balaban J connectivity index is 2.37. The molecule has 0 aliphatic carbocycles. The molecule has 18 heavy (non-hydrogen) atoms. The van der Waals surface area contributed by atoms with Crippen LogP contribution < -0.4 is 10.2 Å². The molecule has 1 aromatic heterocycles. The van der Waals surface area contributed by atoms with Crippen LogP contribution in [-0.4, -0.2) is 41.8 Å². The van der Waals surface area contributed by atoms with E-state index in [-0.39, 0.29) is 16.6 Å². The molecule has 0 atom stereocenters. The first-order valence-corrected chi connectivity index (χ1v) is 6.00. The molecule has 0 aromatic carbocycles. The molecule has 0 spiro atoms. The van der Waals surface area contributed by atoms with Gasteiger partial charge in [0.25, 0.3) is 0 Å². The predicted molar refractivity (Wildman–Crippen MR) is 67.0 cm³/mol. The Morgan fingerprint density at radius 1 is 1.39 bits per heavy atom. The van der Waals surface area contributed by atoms with Gasteiger partial charge in [-0.25, -0.2) is 9.97 Å². The van der Waals surface area contributed by atoms with E-state index in [9.17, 15) is 9.59 Å². The molecule has 2 heterocycles. The zero-order valence-electron chi connectivity index (χ0n) is 9.94. The van der Waals surface area contributed by atoms with Crippen LogP contribution >= 0.6 is 11.6 Å². The Labute approximate surface area is 109 Å². The normalized spacial score (nSPS) is 16.1. The minimum absolute atomic E-state index is 0.00188. The molecule has 1 aliphatic rings. The molecule has 96 valence electrons. The zero-order chi connectivity index (χ0) is 13.1. The molecule has 1 amide bonds. The highest BCUT2D eigenvalue weighted by Crippen LogP contribution is 2.23. The fourth-order valence-electron chi connectivity index (χ4n) is 1.85. The number of nitrogens with one attached hydrogen (secondary N) is 1. The van der Waals surface area contributed by atoms with E-state index in [0.29, 0.717) is 44.0 Å². The highest BCUT2D eigenvalue weighted by atomic mass is 35.5. The number of aromatic nitrogens is 2. The van der Waals surface area contributed by atoms with Crippen LogP contribution in [0.1, 0.15) is 22.6 Å². The average Bonchev–Trinajstić information content (AvgIpc) is 2.53. The predicted octanol–water partition coefficient (Wildman–Crippen LogP) is 0.577. The summed E-state index contributed by atoms with van der Waals surface area (Å²) in [5.74, 6) is 1.00. The Bertz CT molecular complexity index is 492. The monoisotopic (exact) mass is 268 g/mol. The van der Waals surface area contributed by atoms with E-state index in [2.05, 4.69) is 15.3 Å². The van der Waals surface area contributed by atoms with Gasteiger partial charge in [0.2, 0.25) is 5.91 Å². The number of halogens is 1. The third-order valence-electron chi connectivity index (χ3n) is 2.72. The number of nitrogens with zero attached hydrogens (tertiary/aromatic N) is 3. The molecule has 1 saturated heterocycles. The lowest BCUT2D eigenvalue weighted by Gasteiger charge is -2.22. The van der Waals surface area contributed by atoms with Crippen molar-refractivity contribution in [1.29, 1.82) is 0 Å². The minimum Gasteiger partial charge on any atom is -0.354 e. The second-order valence-corrected chi connectivity index (χ2v) is 4.36. The number of aryl methyl sites for hydroxylation is 1. The Kier molecular flexibility index (Phi) is 3.76. The number of rotatable bonds is 2. The van der Waals surface area contributed by atoms with Gasteiger partial charge < -0.3 is 10.2 Å². The summed E-state index contributed by atoms with van der Waals surface area (Å²) in [5, 5.41) is 2.91. The fraction of sp³-hybridized carbons (Fsp3) is 0.455. The van der Waals surface area contributed by atoms with E-state index >= 15 is 0 Å². The van der Waals surface area contributed by atoms with Crippen molar-refractivity contribution in [3.8, 4) is 0 Å². The summed E-state index contributed by atoms with van der Waals surface area (Å²) in [6.45, 7) is 3.35. The lowest BCUT2D eigenvalue weighted by Crippen LogP contribution is -2.30. The van der Waals surface area contributed by atoms with Gasteiger partial charge in [-0.2, -0.15) is 0 Å². The van der Waals surface area contributed by atoms with E-state index in [1.807, 2.05) is 4.90 Å². The molecule has 0 bridgehead atoms. The highest BCUT2D eigenvalue weighted by molar-refractivity contribution is 6.32. The molecular formula is C11H13ClN4O2. The van der Waals surface area contributed by atoms with Crippen LogP contribution in [0.3, 0.4) is 0 Å². The van der Waals surface area contributed by atoms with Crippen LogP contribution in [0, 0.1) is 6.92 Å². The van der Waals surface area contributed by atoms with Crippen molar-refractivity contribution in [3.63, 3.8) is 0 Å². The zero-order valence-corrected chi connectivity index (χ0v) is 10.7. The van der Waals surface area contributed by atoms with Gasteiger partial charge in [0.1, 0.15) is 16.8 Å². The molecular weight excluding hydrogens is 256 g/mol. The van der Waals surface area contributed by atoms with Crippen molar-refractivity contribution in [3.05, 3.63) is 16.5 Å².